The van der Waals surface area contributed by atoms with Gasteiger partial charge in [0.15, 0.2) is 0 Å². The van der Waals surface area contributed by atoms with Crippen molar-refractivity contribution in [1.82, 2.24) is 19.1 Å². The molecule has 0 spiro atoms. The third-order valence-electron chi connectivity index (χ3n) is 8.45. The average Bonchev–Trinajstić information content (AvgIpc) is 3.51. The van der Waals surface area contributed by atoms with Crippen LogP contribution >= 0.6 is 0 Å². The Bertz CT molecular complexity index is 2090. The zero-order valence-corrected chi connectivity index (χ0v) is 22.6. The van der Waals surface area contributed by atoms with E-state index in [1.54, 1.807) is 0 Å². The lowest BCUT2D eigenvalue weighted by Crippen LogP contribution is -2.01. The Kier molecular flexibility index (Phi) is 5.05. The van der Waals surface area contributed by atoms with Crippen molar-refractivity contribution in [2.75, 3.05) is 0 Å². The molecule has 0 unspecified atom stereocenters. The molecular formula is C36H28N4. The van der Waals surface area contributed by atoms with Gasteiger partial charge in [-0.05, 0) is 103 Å². The van der Waals surface area contributed by atoms with E-state index in [0.717, 1.165) is 12.8 Å². The summed E-state index contributed by atoms with van der Waals surface area (Å²) in [6.45, 7) is 4.44. The summed E-state index contributed by atoms with van der Waals surface area (Å²) in [6, 6.07) is 26.5. The Morgan fingerprint density at radius 3 is 1.98 bits per heavy atom. The zero-order chi connectivity index (χ0) is 26.8. The van der Waals surface area contributed by atoms with Gasteiger partial charge >= 0.3 is 0 Å². The lowest BCUT2D eigenvalue weighted by molar-refractivity contribution is 0.967. The summed E-state index contributed by atoms with van der Waals surface area (Å²) in [5, 5.41) is 3.66. The zero-order valence-electron chi connectivity index (χ0n) is 22.6. The maximum Gasteiger partial charge on any atom is 0.0571 e. The predicted octanol–water partition coefficient (Wildman–Crippen LogP) is 8.76. The van der Waals surface area contributed by atoms with Crippen molar-refractivity contribution in [1.29, 1.82) is 0 Å². The van der Waals surface area contributed by atoms with Gasteiger partial charge in [0.25, 0.3) is 0 Å². The fourth-order valence-electron chi connectivity index (χ4n) is 6.63. The first-order chi connectivity index (χ1) is 19.7. The molecule has 1 aliphatic rings. The van der Waals surface area contributed by atoms with Crippen LogP contribution in [0.1, 0.15) is 28.8 Å². The molecule has 0 aliphatic heterocycles. The van der Waals surface area contributed by atoms with Gasteiger partial charge < -0.3 is 9.13 Å². The molecule has 0 N–H and O–H groups in total. The number of aryl methyl sites for hydroxylation is 3. The highest BCUT2D eigenvalue weighted by atomic mass is 15.0. The lowest BCUT2D eigenvalue weighted by atomic mass is 9.95. The Balaban J connectivity index is 1.24. The molecule has 0 amide bonds. The van der Waals surface area contributed by atoms with Gasteiger partial charge in [0.1, 0.15) is 0 Å². The summed E-state index contributed by atoms with van der Waals surface area (Å²) in [5.41, 5.74) is 13.7. The molecule has 40 heavy (non-hydrogen) atoms. The fraction of sp³-hybridized carbons (Fsp3) is 0.111. The highest BCUT2D eigenvalue weighted by molar-refractivity contribution is 6.08. The highest BCUT2D eigenvalue weighted by Gasteiger charge is 2.19. The number of rotatable bonds is 3. The van der Waals surface area contributed by atoms with Crippen LogP contribution in [0.5, 0.6) is 0 Å². The van der Waals surface area contributed by atoms with E-state index in [0.29, 0.717) is 0 Å². The third kappa shape index (κ3) is 3.32. The summed E-state index contributed by atoms with van der Waals surface area (Å²) in [5.74, 6) is 0. The Labute approximate surface area is 232 Å². The van der Waals surface area contributed by atoms with Crippen LogP contribution in [0, 0.1) is 13.8 Å². The van der Waals surface area contributed by atoms with Crippen molar-refractivity contribution in [3.8, 4) is 22.5 Å². The molecule has 0 radical (unpaired) electrons. The molecule has 4 heterocycles. The largest absolute Gasteiger partial charge is 0.309 e. The normalized spacial score (nSPS) is 12.9. The summed E-state index contributed by atoms with van der Waals surface area (Å²) < 4.78 is 4.74. The van der Waals surface area contributed by atoms with Crippen molar-refractivity contribution >= 4 is 38.8 Å². The van der Waals surface area contributed by atoms with E-state index in [1.165, 1.54) is 77.6 Å². The molecule has 3 aromatic carbocycles. The number of allylic oxidation sites excluding steroid dienone is 1. The van der Waals surface area contributed by atoms with Crippen molar-refractivity contribution in [2.45, 2.75) is 26.7 Å². The second kappa shape index (κ2) is 8.78. The van der Waals surface area contributed by atoms with E-state index in [1.807, 2.05) is 24.8 Å². The number of para-hydroxylation sites is 1. The Morgan fingerprint density at radius 1 is 0.625 bits per heavy atom. The van der Waals surface area contributed by atoms with Gasteiger partial charge in [0.05, 0.1) is 16.6 Å². The maximum atomic E-state index is 4.43. The fourth-order valence-corrected chi connectivity index (χ4v) is 6.63. The lowest BCUT2D eigenvalue weighted by Gasteiger charge is -2.16. The van der Waals surface area contributed by atoms with Crippen LogP contribution in [0.25, 0.3) is 61.3 Å². The number of hydrogen-bond donors (Lipinski definition) is 0. The summed E-state index contributed by atoms with van der Waals surface area (Å²) >= 11 is 0. The van der Waals surface area contributed by atoms with E-state index in [2.05, 4.69) is 118 Å². The SMILES string of the molecule is Cc1cc(-n2c3c(c4cnccc42)CCC=C3)ccc1-c1ccc(-n2c3ccccc3c3cnccc32)cc1C. The molecule has 0 atom stereocenters. The van der Waals surface area contributed by atoms with Gasteiger partial charge in [-0.1, -0.05) is 36.4 Å². The first kappa shape index (κ1) is 23.0. The standard InChI is InChI=1S/C36H28N4/c1-23-19-25(39-33-9-5-3-7-29(33)31-21-37-17-15-35(31)39)11-13-27(23)28-14-12-26(20-24(28)2)40-34-10-6-4-8-30(34)32-22-38-18-16-36(32)40/h3,5-7,9-22H,4,8H2,1-2H3. The van der Waals surface area contributed by atoms with Gasteiger partial charge in [-0.2, -0.15) is 0 Å². The molecule has 7 aromatic rings. The number of hydrogen-bond acceptors (Lipinski definition) is 2. The molecule has 8 rings (SSSR count). The second-order valence-corrected chi connectivity index (χ2v) is 10.8. The third-order valence-corrected chi connectivity index (χ3v) is 8.45. The topological polar surface area (TPSA) is 35.6 Å². The first-order valence-electron chi connectivity index (χ1n) is 13.9. The van der Waals surface area contributed by atoms with Gasteiger partial charge in [0, 0.05) is 58.0 Å². The monoisotopic (exact) mass is 516 g/mol. The molecule has 4 heteroatoms. The van der Waals surface area contributed by atoms with Crippen LogP contribution in [0.3, 0.4) is 0 Å². The highest BCUT2D eigenvalue weighted by Crippen LogP contribution is 2.37. The van der Waals surface area contributed by atoms with Crippen molar-refractivity contribution in [2.24, 2.45) is 0 Å². The summed E-state index contributed by atoms with van der Waals surface area (Å²) in [6.07, 6.45) is 14.5. The minimum atomic E-state index is 1.06. The quantitative estimate of drug-likeness (QED) is 0.235. The van der Waals surface area contributed by atoms with E-state index in [4.69, 9.17) is 0 Å². The van der Waals surface area contributed by atoms with Crippen LogP contribution in [0.4, 0.5) is 0 Å². The molecule has 1 aliphatic carbocycles. The van der Waals surface area contributed by atoms with Crippen molar-refractivity contribution in [3.63, 3.8) is 0 Å². The van der Waals surface area contributed by atoms with Crippen LogP contribution < -0.4 is 0 Å². The Hall–Kier alpha value is -4.96. The minimum Gasteiger partial charge on any atom is -0.309 e. The summed E-state index contributed by atoms with van der Waals surface area (Å²) in [4.78, 5) is 8.82. The van der Waals surface area contributed by atoms with Crippen LogP contribution in [-0.4, -0.2) is 19.1 Å². The molecule has 4 aromatic heterocycles. The predicted molar refractivity (Wildman–Crippen MR) is 165 cm³/mol. The molecule has 0 saturated carbocycles. The molecule has 0 bridgehead atoms. The molecular weight excluding hydrogens is 488 g/mol. The van der Waals surface area contributed by atoms with Gasteiger partial charge in [-0.3, -0.25) is 9.97 Å². The summed E-state index contributed by atoms with van der Waals surface area (Å²) in [7, 11) is 0. The van der Waals surface area contributed by atoms with E-state index in [-0.39, 0.29) is 0 Å². The number of benzene rings is 3. The van der Waals surface area contributed by atoms with E-state index in [9.17, 15) is 0 Å². The van der Waals surface area contributed by atoms with E-state index < -0.39 is 0 Å². The van der Waals surface area contributed by atoms with Gasteiger partial charge in [0.2, 0.25) is 0 Å². The molecule has 0 fully saturated rings. The van der Waals surface area contributed by atoms with E-state index >= 15 is 0 Å². The second-order valence-electron chi connectivity index (χ2n) is 10.8. The number of pyridine rings is 2. The van der Waals surface area contributed by atoms with Crippen LogP contribution in [0.2, 0.25) is 0 Å². The molecule has 0 saturated heterocycles. The number of aromatic nitrogens is 4. The van der Waals surface area contributed by atoms with Gasteiger partial charge in [-0.25, -0.2) is 0 Å². The van der Waals surface area contributed by atoms with Crippen LogP contribution in [-0.2, 0) is 6.42 Å². The Morgan fingerprint density at radius 2 is 1.25 bits per heavy atom. The smallest absolute Gasteiger partial charge is 0.0571 e. The maximum absolute atomic E-state index is 4.43. The number of fused-ring (bicyclic) bond motifs is 6. The average molecular weight is 517 g/mol. The molecule has 4 nitrogen and oxygen atoms in total. The van der Waals surface area contributed by atoms with Gasteiger partial charge in [-0.15, -0.1) is 0 Å². The first-order valence-corrected chi connectivity index (χ1v) is 13.9. The van der Waals surface area contributed by atoms with Crippen molar-refractivity contribution < 1.29 is 0 Å². The molecule has 192 valence electrons. The minimum absolute atomic E-state index is 1.06. The van der Waals surface area contributed by atoms with Crippen LogP contribution in [0.15, 0.2) is 104 Å². The number of nitrogens with zero attached hydrogens (tertiary/aromatic N) is 4. The van der Waals surface area contributed by atoms with Crippen molar-refractivity contribution in [3.05, 3.63) is 126 Å².